The Hall–Kier alpha value is -1.56. The van der Waals surface area contributed by atoms with Crippen LogP contribution in [0.4, 0.5) is 13.2 Å². The fourth-order valence-electron chi connectivity index (χ4n) is 2.06. The third-order valence-corrected chi connectivity index (χ3v) is 3.19. The van der Waals surface area contributed by atoms with Gasteiger partial charge in [0.05, 0.1) is 5.56 Å². The van der Waals surface area contributed by atoms with E-state index in [9.17, 15) is 18.0 Å². The molecule has 0 amide bonds. The molecule has 0 saturated heterocycles. The third-order valence-electron chi connectivity index (χ3n) is 3.19. The highest BCUT2D eigenvalue weighted by molar-refractivity contribution is 5.74. The van der Waals surface area contributed by atoms with Crippen LogP contribution < -0.4 is 5.32 Å². The SMILES string of the molecule is O=C(O)C(NCc1ccccc1C(F)(F)F)C1CC1. The number of carboxylic acid groups (broad SMARTS) is 1. The van der Waals surface area contributed by atoms with E-state index in [1.54, 1.807) is 0 Å². The van der Waals surface area contributed by atoms with Crippen LogP contribution in [0.5, 0.6) is 0 Å². The summed E-state index contributed by atoms with van der Waals surface area (Å²) < 4.78 is 38.3. The molecular formula is C13H14F3NO2. The third kappa shape index (κ3) is 3.47. The number of carbonyl (C=O) groups is 1. The Balaban J connectivity index is 2.09. The second-order valence-corrected chi connectivity index (χ2v) is 4.69. The first-order chi connectivity index (χ1) is 8.89. The quantitative estimate of drug-likeness (QED) is 0.867. The normalized spacial score (nSPS) is 17.2. The van der Waals surface area contributed by atoms with E-state index in [2.05, 4.69) is 5.32 Å². The Morgan fingerprint density at radius 2 is 2.00 bits per heavy atom. The molecule has 1 fully saturated rings. The standard InChI is InChI=1S/C13H14F3NO2/c14-13(15,16)10-4-2-1-3-9(10)7-17-11(12(18)19)8-5-6-8/h1-4,8,11,17H,5-7H2,(H,18,19). The molecule has 6 heteroatoms. The zero-order valence-corrected chi connectivity index (χ0v) is 10.1. The van der Waals surface area contributed by atoms with Gasteiger partial charge in [-0.1, -0.05) is 18.2 Å². The van der Waals surface area contributed by atoms with E-state index >= 15 is 0 Å². The predicted octanol–water partition coefficient (Wildman–Crippen LogP) is 2.66. The Morgan fingerprint density at radius 3 is 2.53 bits per heavy atom. The number of carboxylic acids is 1. The molecule has 0 heterocycles. The molecule has 1 aromatic rings. The molecule has 1 atom stereocenters. The van der Waals surface area contributed by atoms with Crippen LogP contribution in [0.1, 0.15) is 24.0 Å². The Morgan fingerprint density at radius 1 is 1.37 bits per heavy atom. The summed E-state index contributed by atoms with van der Waals surface area (Å²) >= 11 is 0. The van der Waals surface area contributed by atoms with Crippen LogP contribution in [-0.4, -0.2) is 17.1 Å². The Kier molecular flexibility index (Phi) is 3.80. The molecule has 0 aliphatic heterocycles. The van der Waals surface area contributed by atoms with Crippen molar-refractivity contribution >= 4 is 5.97 Å². The van der Waals surface area contributed by atoms with Gasteiger partial charge in [0.2, 0.25) is 0 Å². The predicted molar refractivity (Wildman–Crippen MR) is 62.4 cm³/mol. The maximum Gasteiger partial charge on any atom is 0.416 e. The van der Waals surface area contributed by atoms with E-state index in [-0.39, 0.29) is 18.0 Å². The molecule has 0 aromatic heterocycles. The van der Waals surface area contributed by atoms with Gasteiger partial charge in [-0.05, 0) is 30.4 Å². The number of benzene rings is 1. The van der Waals surface area contributed by atoms with Gasteiger partial charge in [-0.15, -0.1) is 0 Å². The molecule has 0 spiro atoms. The summed E-state index contributed by atoms with van der Waals surface area (Å²) in [6, 6.07) is 4.44. The van der Waals surface area contributed by atoms with Gasteiger partial charge < -0.3 is 10.4 Å². The Bertz CT molecular complexity index is 469. The summed E-state index contributed by atoms with van der Waals surface area (Å²) in [6.07, 6.45) is -2.80. The van der Waals surface area contributed by atoms with Gasteiger partial charge in [0, 0.05) is 6.54 Å². The number of hydrogen-bond donors (Lipinski definition) is 2. The molecule has 1 saturated carbocycles. The summed E-state index contributed by atoms with van der Waals surface area (Å²) in [5.74, 6) is -0.970. The van der Waals surface area contributed by atoms with Crippen molar-refractivity contribution in [2.75, 3.05) is 0 Å². The molecule has 2 N–H and O–H groups in total. The number of rotatable bonds is 5. The molecule has 2 rings (SSSR count). The maximum atomic E-state index is 12.8. The first-order valence-electron chi connectivity index (χ1n) is 6.01. The van der Waals surface area contributed by atoms with Crippen LogP contribution in [0.15, 0.2) is 24.3 Å². The van der Waals surface area contributed by atoms with E-state index in [1.807, 2.05) is 0 Å². The molecular weight excluding hydrogens is 259 g/mol. The average molecular weight is 273 g/mol. The van der Waals surface area contributed by atoms with E-state index < -0.39 is 23.8 Å². The second kappa shape index (κ2) is 5.21. The number of halogens is 3. The van der Waals surface area contributed by atoms with Gasteiger partial charge >= 0.3 is 12.1 Å². The van der Waals surface area contributed by atoms with E-state index in [1.165, 1.54) is 18.2 Å². The van der Waals surface area contributed by atoms with Gasteiger partial charge in [-0.2, -0.15) is 13.2 Å². The van der Waals surface area contributed by atoms with Crippen molar-refractivity contribution in [1.82, 2.24) is 5.32 Å². The lowest BCUT2D eigenvalue weighted by Gasteiger charge is -2.16. The molecule has 104 valence electrons. The summed E-state index contributed by atoms with van der Waals surface area (Å²) in [6.45, 7) is -0.0941. The molecule has 1 unspecified atom stereocenters. The smallest absolute Gasteiger partial charge is 0.416 e. The minimum atomic E-state index is -4.42. The van der Waals surface area contributed by atoms with Gasteiger partial charge in [-0.3, -0.25) is 4.79 Å². The van der Waals surface area contributed by atoms with Crippen LogP contribution in [0, 0.1) is 5.92 Å². The topological polar surface area (TPSA) is 49.3 Å². The monoisotopic (exact) mass is 273 g/mol. The van der Waals surface area contributed by atoms with Crippen molar-refractivity contribution in [3.63, 3.8) is 0 Å². The summed E-state index contributed by atoms with van der Waals surface area (Å²) in [7, 11) is 0. The summed E-state index contributed by atoms with van der Waals surface area (Å²) in [5, 5.41) is 11.7. The fourth-order valence-corrected chi connectivity index (χ4v) is 2.06. The van der Waals surface area contributed by atoms with Gasteiger partial charge in [0.15, 0.2) is 0 Å². The first-order valence-corrected chi connectivity index (χ1v) is 6.01. The molecule has 1 aliphatic rings. The first kappa shape index (κ1) is 13.9. The van der Waals surface area contributed by atoms with E-state index in [4.69, 9.17) is 5.11 Å². The molecule has 0 bridgehead atoms. The number of aliphatic carboxylic acids is 1. The van der Waals surface area contributed by atoms with Crippen molar-refractivity contribution in [2.45, 2.75) is 31.6 Å². The minimum absolute atomic E-state index is 0.0375. The van der Waals surface area contributed by atoms with Crippen LogP contribution in [0.2, 0.25) is 0 Å². The highest BCUT2D eigenvalue weighted by atomic mass is 19.4. The largest absolute Gasteiger partial charge is 0.480 e. The highest BCUT2D eigenvalue weighted by Gasteiger charge is 2.37. The van der Waals surface area contributed by atoms with Crippen molar-refractivity contribution < 1.29 is 23.1 Å². The maximum absolute atomic E-state index is 12.8. The lowest BCUT2D eigenvalue weighted by Crippen LogP contribution is -2.38. The average Bonchev–Trinajstić information content (AvgIpc) is 3.12. The van der Waals surface area contributed by atoms with Gasteiger partial charge in [0.25, 0.3) is 0 Å². The van der Waals surface area contributed by atoms with Crippen molar-refractivity contribution in [3.05, 3.63) is 35.4 Å². The van der Waals surface area contributed by atoms with Crippen LogP contribution in [-0.2, 0) is 17.5 Å². The van der Waals surface area contributed by atoms with E-state index in [0.29, 0.717) is 0 Å². The number of hydrogen-bond acceptors (Lipinski definition) is 2. The zero-order valence-electron chi connectivity index (χ0n) is 10.1. The van der Waals surface area contributed by atoms with Crippen LogP contribution >= 0.6 is 0 Å². The fraction of sp³-hybridized carbons (Fsp3) is 0.462. The number of nitrogens with one attached hydrogen (secondary N) is 1. The van der Waals surface area contributed by atoms with E-state index in [0.717, 1.165) is 18.9 Å². The molecule has 3 nitrogen and oxygen atoms in total. The second-order valence-electron chi connectivity index (χ2n) is 4.69. The van der Waals surface area contributed by atoms with Crippen LogP contribution in [0.3, 0.4) is 0 Å². The van der Waals surface area contributed by atoms with Crippen LogP contribution in [0.25, 0.3) is 0 Å². The summed E-state index contributed by atoms with van der Waals surface area (Å²) in [4.78, 5) is 11.0. The van der Waals surface area contributed by atoms with Gasteiger partial charge in [0.1, 0.15) is 6.04 Å². The molecule has 1 aliphatic carbocycles. The molecule has 1 aromatic carbocycles. The molecule has 0 radical (unpaired) electrons. The van der Waals surface area contributed by atoms with Crippen molar-refractivity contribution in [3.8, 4) is 0 Å². The van der Waals surface area contributed by atoms with Crippen molar-refractivity contribution in [1.29, 1.82) is 0 Å². The minimum Gasteiger partial charge on any atom is -0.480 e. The zero-order chi connectivity index (χ0) is 14.0. The molecule has 19 heavy (non-hydrogen) atoms. The number of alkyl halides is 3. The van der Waals surface area contributed by atoms with Crippen molar-refractivity contribution in [2.24, 2.45) is 5.92 Å². The lowest BCUT2D eigenvalue weighted by atomic mass is 10.1. The lowest BCUT2D eigenvalue weighted by molar-refractivity contribution is -0.140. The highest BCUT2D eigenvalue weighted by Crippen LogP contribution is 2.34. The van der Waals surface area contributed by atoms with Gasteiger partial charge in [-0.25, -0.2) is 0 Å². The summed E-state index contributed by atoms with van der Waals surface area (Å²) in [5.41, 5.74) is -0.649. The Labute approximate surface area is 108 Å².